The summed E-state index contributed by atoms with van der Waals surface area (Å²) >= 11 is 12.7. The number of alkyl halides is 4. The Balaban J connectivity index is 1.38. The van der Waals surface area contributed by atoms with Crippen LogP contribution in [0, 0.1) is 16.7 Å². The highest BCUT2D eigenvalue weighted by Gasteiger charge is 2.73. The predicted molar refractivity (Wildman–Crippen MR) is 230 cm³/mol. The molecule has 0 bridgehead atoms. The molecule has 7 atom stereocenters. The van der Waals surface area contributed by atoms with Crippen molar-refractivity contribution < 1.29 is 51.1 Å². The van der Waals surface area contributed by atoms with Crippen LogP contribution >= 0.6 is 23.2 Å². The number of rotatable bonds is 10. The van der Waals surface area contributed by atoms with Crippen molar-refractivity contribution >= 4 is 64.6 Å². The second-order valence-electron chi connectivity index (χ2n) is 18.6. The monoisotopic (exact) mass is 945 g/mol. The molecule has 2 heterocycles. The summed E-state index contributed by atoms with van der Waals surface area (Å²) in [6.07, 6.45) is -5.47. The fourth-order valence-corrected chi connectivity index (χ4v) is 10.0. The van der Waals surface area contributed by atoms with Crippen molar-refractivity contribution in [1.29, 1.82) is 0 Å². The van der Waals surface area contributed by atoms with Crippen molar-refractivity contribution in [2.24, 2.45) is 16.7 Å². The van der Waals surface area contributed by atoms with Crippen LogP contribution in [-0.4, -0.2) is 132 Å². The summed E-state index contributed by atoms with van der Waals surface area (Å²) in [6.45, 7) is 6.19. The lowest BCUT2D eigenvalue weighted by atomic mass is 9.44. The fourth-order valence-electron chi connectivity index (χ4n) is 9.65. The van der Waals surface area contributed by atoms with Gasteiger partial charge in [-0.1, -0.05) is 50.4 Å². The Bertz CT molecular complexity index is 1940. The molecule has 1 aromatic rings. The van der Waals surface area contributed by atoms with E-state index in [-0.39, 0.29) is 43.2 Å². The fraction of sp³-hybridized carbons (Fsp3) is 0.705. The molecule has 64 heavy (non-hydrogen) atoms. The number of likely N-dealkylation sites (N-methyl/N-ethyl adjacent to an activating group) is 2. The van der Waals surface area contributed by atoms with Crippen LogP contribution < -0.4 is 21.3 Å². The first-order valence-electron chi connectivity index (χ1n) is 22.1. The molecular weight excluding hydrogens is 885 g/mol. The molecule has 7 amide bonds. The number of benzene rings is 1. The Morgan fingerprint density at radius 1 is 1.00 bits per heavy atom. The van der Waals surface area contributed by atoms with E-state index in [0.29, 0.717) is 41.2 Å². The van der Waals surface area contributed by atoms with E-state index < -0.39 is 127 Å². The number of amides is 7. The maximum atomic E-state index is 15.0. The lowest BCUT2D eigenvalue weighted by Gasteiger charge is -2.60. The molecule has 0 unspecified atom stereocenters. The molecule has 4 N–H and O–H groups in total. The van der Waals surface area contributed by atoms with Crippen LogP contribution in [0.4, 0.5) is 17.6 Å². The standard InChI is InChI=1S/C44H61Cl2F4N7O7/c1-7-30(53-38(61)34-20-28(47)21-57(34)41(64)43(44(48,49)50)22-42(23-43)14-10-15-42)39(62)55(5)32-11-8-9-16-51-35(58)25(4)52-37(60)33(19-26-18-27(45)12-13-29(26)46)56(6)40(63)31(17-24(2)3)54-36(32)59/h12-13,18,24-25,28,30-34H,7-11,14-17,19-23H2,1-6H3,(H,51,58)(H,52,60)(H,53,61)(H,54,59)/t25-,28-,30+,31+,32+,33+,34+/m1/s1. The van der Waals surface area contributed by atoms with Gasteiger partial charge in [0, 0.05) is 43.5 Å². The number of carbonyl (C=O) groups is 7. The SMILES string of the molecule is CC[C@H](NC(=O)[C@@H]1C[C@@H](F)CN1C(=O)C1(C(F)(F)F)CC2(CCC2)C1)C(=O)N(C)[C@H]1CCCCNC(=O)[C@@H](C)NC(=O)[C@H](Cc2cc(Cl)ccc2Cl)N(C)C(=O)[C@H](CC(C)C)NC1=O. The van der Waals surface area contributed by atoms with E-state index in [1.54, 1.807) is 25.1 Å². The van der Waals surface area contributed by atoms with Crippen LogP contribution in [0.3, 0.4) is 0 Å². The Labute approximate surface area is 381 Å². The maximum absolute atomic E-state index is 15.0. The van der Waals surface area contributed by atoms with Gasteiger partial charge in [-0.25, -0.2) is 4.39 Å². The first-order chi connectivity index (χ1) is 29.9. The number of nitrogens with one attached hydrogen (secondary N) is 4. The first-order valence-corrected chi connectivity index (χ1v) is 22.9. The van der Waals surface area contributed by atoms with Gasteiger partial charge < -0.3 is 36.0 Å². The minimum absolute atomic E-state index is 0.0401. The van der Waals surface area contributed by atoms with Crippen molar-refractivity contribution in [3.8, 4) is 0 Å². The van der Waals surface area contributed by atoms with Gasteiger partial charge >= 0.3 is 6.18 Å². The molecule has 2 aliphatic heterocycles. The molecule has 356 valence electrons. The number of hydrogen-bond donors (Lipinski definition) is 4. The minimum Gasteiger partial charge on any atom is -0.354 e. The summed E-state index contributed by atoms with van der Waals surface area (Å²) in [6, 6.07) is -2.91. The summed E-state index contributed by atoms with van der Waals surface area (Å²) in [5.74, 6) is -5.75. The lowest BCUT2D eigenvalue weighted by molar-refractivity contribution is -0.285. The third kappa shape index (κ3) is 11.1. The van der Waals surface area contributed by atoms with Gasteiger partial charge in [-0.05, 0) is 99.8 Å². The number of nitrogens with zero attached hydrogens (tertiary/aromatic N) is 3. The normalized spacial score (nSPS) is 27.2. The highest BCUT2D eigenvalue weighted by molar-refractivity contribution is 6.33. The summed E-state index contributed by atoms with van der Waals surface area (Å²) in [7, 11) is 2.73. The summed E-state index contributed by atoms with van der Waals surface area (Å²) in [4.78, 5) is 101. The number of hydrogen-bond acceptors (Lipinski definition) is 7. The maximum Gasteiger partial charge on any atom is 0.403 e. The highest BCUT2D eigenvalue weighted by atomic mass is 35.5. The number of carbonyl (C=O) groups excluding carboxylic acids is 7. The van der Waals surface area contributed by atoms with E-state index in [1.165, 1.54) is 25.9 Å². The van der Waals surface area contributed by atoms with Gasteiger partial charge in [-0.15, -0.1) is 0 Å². The van der Waals surface area contributed by atoms with Crippen molar-refractivity contribution in [1.82, 2.24) is 36.0 Å². The van der Waals surface area contributed by atoms with Crippen molar-refractivity contribution in [2.45, 2.75) is 153 Å². The molecule has 20 heteroatoms. The predicted octanol–water partition coefficient (Wildman–Crippen LogP) is 4.87. The van der Waals surface area contributed by atoms with Crippen LogP contribution in [0.2, 0.25) is 10.0 Å². The van der Waals surface area contributed by atoms with Crippen molar-refractivity contribution in [3.05, 3.63) is 33.8 Å². The third-order valence-electron chi connectivity index (χ3n) is 13.5. The smallest absolute Gasteiger partial charge is 0.354 e. The molecule has 0 radical (unpaired) electrons. The first kappa shape index (κ1) is 50.8. The zero-order valence-electron chi connectivity index (χ0n) is 37.2. The lowest BCUT2D eigenvalue weighted by Crippen LogP contribution is -2.66. The van der Waals surface area contributed by atoms with Crippen LogP contribution in [0.15, 0.2) is 18.2 Å². The number of halogens is 6. The Morgan fingerprint density at radius 3 is 2.27 bits per heavy atom. The summed E-state index contributed by atoms with van der Waals surface area (Å²) < 4.78 is 58.7. The molecular formula is C44H61Cl2F4N7O7. The largest absolute Gasteiger partial charge is 0.403 e. The van der Waals surface area contributed by atoms with E-state index in [4.69, 9.17) is 23.2 Å². The van der Waals surface area contributed by atoms with Crippen LogP contribution in [0.5, 0.6) is 0 Å². The van der Waals surface area contributed by atoms with Crippen molar-refractivity contribution in [3.63, 3.8) is 0 Å². The molecule has 14 nitrogen and oxygen atoms in total. The topological polar surface area (TPSA) is 177 Å². The van der Waals surface area contributed by atoms with Gasteiger partial charge in [-0.2, -0.15) is 13.2 Å². The zero-order chi connectivity index (χ0) is 47.5. The summed E-state index contributed by atoms with van der Waals surface area (Å²) in [5.41, 5.74) is -2.84. The Kier molecular flexibility index (Phi) is 16.3. The van der Waals surface area contributed by atoms with E-state index in [9.17, 15) is 51.1 Å². The Morgan fingerprint density at radius 2 is 1.67 bits per heavy atom. The molecule has 2 saturated carbocycles. The van der Waals surface area contributed by atoms with Gasteiger partial charge in [0.05, 0.1) is 6.54 Å². The molecule has 1 spiro atoms. The van der Waals surface area contributed by atoms with Gasteiger partial charge in [-0.3, -0.25) is 33.6 Å². The molecule has 5 rings (SSSR count). The van der Waals surface area contributed by atoms with E-state index >= 15 is 0 Å². The van der Waals surface area contributed by atoms with E-state index in [1.807, 2.05) is 13.8 Å². The van der Waals surface area contributed by atoms with Gasteiger partial charge in [0.15, 0.2) is 0 Å². The average Bonchev–Trinajstić information content (AvgIpc) is 3.59. The van der Waals surface area contributed by atoms with E-state index in [2.05, 4.69) is 21.3 Å². The Hall–Kier alpha value is -4.19. The van der Waals surface area contributed by atoms with E-state index in [0.717, 1.165) is 11.3 Å². The molecule has 2 saturated heterocycles. The molecule has 2 aliphatic carbocycles. The minimum atomic E-state index is -4.91. The van der Waals surface area contributed by atoms with Gasteiger partial charge in [0.1, 0.15) is 47.8 Å². The second kappa shape index (κ2) is 20.5. The van der Waals surface area contributed by atoms with Crippen LogP contribution in [0.1, 0.15) is 104 Å². The number of likely N-dealkylation sites (tertiary alicyclic amines) is 1. The van der Waals surface area contributed by atoms with Crippen LogP contribution in [-0.2, 0) is 40.0 Å². The third-order valence-corrected chi connectivity index (χ3v) is 14.1. The molecule has 0 aromatic heterocycles. The van der Waals surface area contributed by atoms with Crippen molar-refractivity contribution in [2.75, 3.05) is 27.2 Å². The summed E-state index contributed by atoms with van der Waals surface area (Å²) in [5, 5.41) is 11.4. The quantitative estimate of drug-likeness (QED) is 0.242. The second-order valence-corrected chi connectivity index (χ2v) is 19.5. The average molecular weight is 947 g/mol. The zero-order valence-corrected chi connectivity index (χ0v) is 38.7. The molecule has 4 aliphatic rings. The van der Waals surface area contributed by atoms with Crippen LogP contribution in [0.25, 0.3) is 0 Å². The molecule has 4 fully saturated rings. The van der Waals surface area contributed by atoms with Gasteiger partial charge in [0.25, 0.3) is 0 Å². The van der Waals surface area contributed by atoms with Gasteiger partial charge in [0.2, 0.25) is 41.4 Å². The highest BCUT2D eigenvalue weighted by Crippen LogP contribution is 2.69. The molecule has 1 aromatic carbocycles.